The van der Waals surface area contributed by atoms with Gasteiger partial charge in [-0.15, -0.1) is 11.3 Å². The summed E-state index contributed by atoms with van der Waals surface area (Å²) in [6.45, 7) is 4.24. The minimum absolute atomic E-state index is 0.00722. The molecule has 1 amide bonds. The molecule has 0 aliphatic carbocycles. The maximum absolute atomic E-state index is 11.6. The van der Waals surface area contributed by atoms with E-state index < -0.39 is 5.41 Å². The second-order valence-electron chi connectivity index (χ2n) is 4.69. The SMILES string of the molecule is CNC(=O)C(C)(C)CNc1ncc2ccsc2n1. The standard InChI is InChI=1S/C12H16N4OS/c1-12(2,10(17)13-3)7-15-11-14-6-8-4-5-18-9(8)16-11/h4-6H,7H2,1-3H3,(H,13,17)(H,14,15,16). The van der Waals surface area contributed by atoms with E-state index in [9.17, 15) is 4.79 Å². The summed E-state index contributed by atoms with van der Waals surface area (Å²) in [5.74, 6) is 0.550. The number of aromatic nitrogens is 2. The highest BCUT2D eigenvalue weighted by molar-refractivity contribution is 7.16. The van der Waals surface area contributed by atoms with Gasteiger partial charge in [0.15, 0.2) is 0 Å². The van der Waals surface area contributed by atoms with Crippen LogP contribution in [-0.4, -0.2) is 29.5 Å². The first-order valence-electron chi connectivity index (χ1n) is 5.69. The van der Waals surface area contributed by atoms with Gasteiger partial charge in [-0.25, -0.2) is 9.97 Å². The lowest BCUT2D eigenvalue weighted by Crippen LogP contribution is -2.39. The number of amides is 1. The normalized spacial score (nSPS) is 11.5. The maximum Gasteiger partial charge on any atom is 0.227 e. The summed E-state index contributed by atoms with van der Waals surface area (Å²) < 4.78 is 0. The van der Waals surface area contributed by atoms with Gasteiger partial charge in [0.1, 0.15) is 4.83 Å². The number of nitrogens with zero attached hydrogens (tertiary/aromatic N) is 2. The van der Waals surface area contributed by atoms with E-state index in [4.69, 9.17) is 0 Å². The topological polar surface area (TPSA) is 66.9 Å². The lowest BCUT2D eigenvalue weighted by atomic mass is 9.92. The third kappa shape index (κ3) is 2.59. The lowest BCUT2D eigenvalue weighted by molar-refractivity contribution is -0.128. The minimum Gasteiger partial charge on any atom is -0.359 e. The summed E-state index contributed by atoms with van der Waals surface area (Å²) in [5, 5.41) is 8.78. The van der Waals surface area contributed by atoms with Crippen molar-refractivity contribution >= 4 is 33.4 Å². The van der Waals surface area contributed by atoms with Crippen molar-refractivity contribution in [3.63, 3.8) is 0 Å². The number of carbonyl (C=O) groups excluding carboxylic acids is 1. The summed E-state index contributed by atoms with van der Waals surface area (Å²) in [4.78, 5) is 21.2. The molecule has 0 spiro atoms. The fourth-order valence-electron chi connectivity index (χ4n) is 1.56. The Hall–Kier alpha value is -1.69. The summed E-state index contributed by atoms with van der Waals surface area (Å²) >= 11 is 1.58. The smallest absolute Gasteiger partial charge is 0.227 e. The first-order chi connectivity index (χ1) is 8.53. The zero-order valence-corrected chi connectivity index (χ0v) is 11.5. The number of thiophene rings is 1. The Morgan fingerprint density at radius 2 is 2.28 bits per heavy atom. The highest BCUT2D eigenvalue weighted by atomic mass is 32.1. The Bertz CT molecular complexity index is 564. The van der Waals surface area contributed by atoms with Gasteiger partial charge in [0, 0.05) is 25.2 Å². The van der Waals surface area contributed by atoms with Crippen molar-refractivity contribution in [3.8, 4) is 0 Å². The number of hydrogen-bond donors (Lipinski definition) is 2. The molecule has 0 unspecified atom stereocenters. The number of nitrogens with one attached hydrogen (secondary N) is 2. The number of rotatable bonds is 4. The van der Waals surface area contributed by atoms with E-state index in [-0.39, 0.29) is 5.91 Å². The molecule has 96 valence electrons. The van der Waals surface area contributed by atoms with Gasteiger partial charge in [-0.3, -0.25) is 4.79 Å². The molecular weight excluding hydrogens is 248 g/mol. The Morgan fingerprint density at radius 1 is 1.50 bits per heavy atom. The summed E-state index contributed by atoms with van der Waals surface area (Å²) in [5.41, 5.74) is -0.498. The highest BCUT2D eigenvalue weighted by Crippen LogP contribution is 2.20. The molecule has 0 fully saturated rings. The van der Waals surface area contributed by atoms with Crippen molar-refractivity contribution in [1.29, 1.82) is 0 Å². The van der Waals surface area contributed by atoms with Crippen LogP contribution in [0.25, 0.3) is 10.2 Å². The summed E-state index contributed by atoms with van der Waals surface area (Å²) in [6.07, 6.45) is 1.79. The zero-order chi connectivity index (χ0) is 13.2. The van der Waals surface area contributed by atoms with E-state index in [1.807, 2.05) is 25.3 Å². The molecule has 18 heavy (non-hydrogen) atoms. The molecule has 0 aliphatic rings. The molecule has 0 bridgehead atoms. The number of carbonyl (C=O) groups is 1. The molecule has 0 radical (unpaired) electrons. The van der Waals surface area contributed by atoms with Gasteiger partial charge in [-0.2, -0.15) is 0 Å². The third-order valence-electron chi connectivity index (χ3n) is 2.74. The van der Waals surface area contributed by atoms with Crippen molar-refractivity contribution in [2.24, 2.45) is 5.41 Å². The van der Waals surface area contributed by atoms with Gasteiger partial charge < -0.3 is 10.6 Å². The molecule has 2 aromatic heterocycles. The number of fused-ring (bicyclic) bond motifs is 1. The maximum atomic E-state index is 11.6. The third-order valence-corrected chi connectivity index (χ3v) is 3.56. The fourth-order valence-corrected chi connectivity index (χ4v) is 2.30. The summed E-state index contributed by atoms with van der Waals surface area (Å²) in [7, 11) is 1.64. The molecule has 2 rings (SSSR count). The quantitative estimate of drug-likeness (QED) is 0.884. The molecule has 0 aliphatic heterocycles. The van der Waals surface area contributed by atoms with Crippen LogP contribution in [-0.2, 0) is 4.79 Å². The average molecular weight is 264 g/mol. The lowest BCUT2D eigenvalue weighted by Gasteiger charge is -2.22. The van der Waals surface area contributed by atoms with Crippen LogP contribution < -0.4 is 10.6 Å². The van der Waals surface area contributed by atoms with Gasteiger partial charge in [-0.05, 0) is 25.3 Å². The highest BCUT2D eigenvalue weighted by Gasteiger charge is 2.26. The van der Waals surface area contributed by atoms with E-state index in [1.54, 1.807) is 24.6 Å². The molecule has 2 N–H and O–H groups in total. The van der Waals surface area contributed by atoms with E-state index in [2.05, 4.69) is 20.6 Å². The molecule has 0 saturated carbocycles. The molecule has 0 saturated heterocycles. The molecular formula is C12H16N4OS. The Morgan fingerprint density at radius 3 is 3.00 bits per heavy atom. The molecule has 6 heteroatoms. The van der Waals surface area contributed by atoms with E-state index >= 15 is 0 Å². The van der Waals surface area contributed by atoms with Gasteiger partial charge >= 0.3 is 0 Å². The zero-order valence-electron chi connectivity index (χ0n) is 10.7. The van der Waals surface area contributed by atoms with Gasteiger partial charge in [-0.1, -0.05) is 0 Å². The second kappa shape index (κ2) is 4.89. The minimum atomic E-state index is -0.498. The van der Waals surface area contributed by atoms with Gasteiger partial charge in [0.25, 0.3) is 0 Å². The van der Waals surface area contributed by atoms with Crippen molar-refractivity contribution in [2.45, 2.75) is 13.8 Å². The van der Waals surface area contributed by atoms with Crippen molar-refractivity contribution in [3.05, 3.63) is 17.6 Å². The number of hydrogen-bond acceptors (Lipinski definition) is 5. The van der Waals surface area contributed by atoms with E-state index in [0.717, 1.165) is 10.2 Å². The van der Waals surface area contributed by atoms with Gasteiger partial charge in [0.2, 0.25) is 11.9 Å². The molecule has 2 heterocycles. The second-order valence-corrected chi connectivity index (χ2v) is 5.59. The Labute approximate surface area is 110 Å². The first kappa shape index (κ1) is 12.8. The van der Waals surface area contributed by atoms with Crippen LogP contribution in [0.3, 0.4) is 0 Å². The first-order valence-corrected chi connectivity index (χ1v) is 6.57. The molecule has 0 atom stereocenters. The van der Waals surface area contributed by atoms with Crippen LogP contribution in [0, 0.1) is 5.41 Å². The Balaban J connectivity index is 2.07. The largest absolute Gasteiger partial charge is 0.359 e. The summed E-state index contributed by atoms with van der Waals surface area (Å²) in [6, 6.07) is 1.98. The predicted molar refractivity (Wildman–Crippen MR) is 73.8 cm³/mol. The van der Waals surface area contributed by atoms with Crippen LogP contribution in [0.1, 0.15) is 13.8 Å². The van der Waals surface area contributed by atoms with Crippen molar-refractivity contribution < 1.29 is 4.79 Å². The monoisotopic (exact) mass is 264 g/mol. The Kier molecular flexibility index (Phi) is 3.47. The van der Waals surface area contributed by atoms with Crippen LogP contribution in [0.2, 0.25) is 0 Å². The van der Waals surface area contributed by atoms with Crippen LogP contribution in [0.5, 0.6) is 0 Å². The molecule has 2 aromatic rings. The van der Waals surface area contributed by atoms with Crippen molar-refractivity contribution in [1.82, 2.24) is 15.3 Å². The predicted octanol–water partition coefficient (Wildman–Crippen LogP) is 1.88. The van der Waals surface area contributed by atoms with Gasteiger partial charge in [0.05, 0.1) is 5.41 Å². The van der Waals surface area contributed by atoms with E-state index in [0.29, 0.717) is 12.5 Å². The molecule has 5 nitrogen and oxygen atoms in total. The average Bonchev–Trinajstić information content (AvgIpc) is 2.82. The van der Waals surface area contributed by atoms with E-state index in [1.165, 1.54) is 0 Å². The van der Waals surface area contributed by atoms with Crippen molar-refractivity contribution in [2.75, 3.05) is 18.9 Å². The molecule has 0 aromatic carbocycles. The van der Waals surface area contributed by atoms with Crippen LogP contribution in [0.15, 0.2) is 17.6 Å². The fraction of sp³-hybridized carbons (Fsp3) is 0.417. The van der Waals surface area contributed by atoms with Crippen LogP contribution >= 0.6 is 11.3 Å². The van der Waals surface area contributed by atoms with Crippen LogP contribution in [0.4, 0.5) is 5.95 Å². The number of anilines is 1.